The summed E-state index contributed by atoms with van der Waals surface area (Å²) in [5, 5.41) is 9.93. The predicted molar refractivity (Wildman–Crippen MR) is 122 cm³/mol. The molecule has 2 heterocycles. The number of anilines is 1. The minimum absolute atomic E-state index is 0.0251. The average Bonchev–Trinajstić information content (AvgIpc) is 3.56. The zero-order valence-corrected chi connectivity index (χ0v) is 19.8. The van der Waals surface area contributed by atoms with E-state index in [-0.39, 0.29) is 34.7 Å². The maximum atomic E-state index is 13.3. The van der Waals surface area contributed by atoms with Crippen molar-refractivity contribution in [3.63, 3.8) is 0 Å². The van der Waals surface area contributed by atoms with E-state index in [4.69, 9.17) is 11.6 Å². The molecule has 1 N–H and O–H groups in total. The molecule has 0 radical (unpaired) electrons. The highest BCUT2D eigenvalue weighted by molar-refractivity contribution is 6.31. The minimum Gasteiger partial charge on any atom is -0.391 e. The Hall–Kier alpha value is -2.26. The third kappa shape index (κ3) is 5.20. The number of alkyl halides is 3. The second-order valence-electron chi connectivity index (χ2n) is 9.59. The van der Waals surface area contributed by atoms with Crippen LogP contribution in [0.5, 0.6) is 0 Å². The van der Waals surface area contributed by atoms with Crippen LogP contribution in [0.25, 0.3) is 0 Å². The second-order valence-corrected chi connectivity index (χ2v) is 10.00. The number of carbonyl (C=O) groups is 2. The van der Waals surface area contributed by atoms with E-state index in [1.54, 1.807) is 14.7 Å². The van der Waals surface area contributed by atoms with E-state index < -0.39 is 17.8 Å². The molecule has 4 rings (SSSR count). The van der Waals surface area contributed by atoms with E-state index in [1.807, 2.05) is 6.92 Å². The minimum atomic E-state index is -4.58. The molecule has 6 nitrogen and oxygen atoms in total. The Morgan fingerprint density at radius 1 is 1.24 bits per heavy atom. The molecule has 0 aromatic heterocycles. The molecule has 0 unspecified atom stereocenters. The summed E-state index contributed by atoms with van der Waals surface area (Å²) in [6.45, 7) is 3.52. The fourth-order valence-electron chi connectivity index (χ4n) is 4.89. The molecular weight excluding hydrogens is 471 g/mol. The molecule has 2 amide bonds. The third-order valence-electron chi connectivity index (χ3n) is 7.25. The van der Waals surface area contributed by atoms with Gasteiger partial charge in [0.25, 0.3) is 0 Å². The number of nitrogens with zero attached hydrogens (tertiary/aromatic N) is 3. The van der Waals surface area contributed by atoms with Gasteiger partial charge in [0.1, 0.15) is 0 Å². The van der Waals surface area contributed by atoms with Crippen LogP contribution in [0.15, 0.2) is 30.5 Å². The van der Waals surface area contributed by atoms with Gasteiger partial charge in [-0.1, -0.05) is 11.6 Å². The van der Waals surface area contributed by atoms with Crippen LogP contribution in [-0.2, 0) is 15.8 Å². The first-order chi connectivity index (χ1) is 16.0. The monoisotopic (exact) mass is 499 g/mol. The molecule has 1 spiro atoms. The Morgan fingerprint density at radius 2 is 1.97 bits per heavy atom. The summed E-state index contributed by atoms with van der Waals surface area (Å²) in [5.74, 6) is -0.279. The number of likely N-dealkylation sites (tertiary alicyclic amines) is 1. The summed E-state index contributed by atoms with van der Waals surface area (Å²) in [7, 11) is 0. The van der Waals surface area contributed by atoms with E-state index >= 15 is 0 Å². The second kappa shape index (κ2) is 9.41. The van der Waals surface area contributed by atoms with Crippen LogP contribution >= 0.6 is 11.6 Å². The van der Waals surface area contributed by atoms with Crippen molar-refractivity contribution in [3.05, 3.63) is 41.1 Å². The standard InChI is InChI=1S/C24H29ClF3N3O3/c1-16-14-29(10-2-3-21(33)30-12-9-23(7-8-23)20(32)15-30)22(34)6-11-31(16)17-4-5-19(25)18(13-17)24(26,27)28/h4-6,11,13,16,20,32H,2-3,7-10,12,14-15H2,1H3/t16-,20-/m1/s1. The number of aliphatic hydroxyl groups is 1. The van der Waals surface area contributed by atoms with Crippen molar-refractivity contribution in [1.29, 1.82) is 0 Å². The van der Waals surface area contributed by atoms with Crippen molar-refractivity contribution in [2.24, 2.45) is 5.41 Å². The van der Waals surface area contributed by atoms with Crippen LogP contribution in [-0.4, -0.2) is 65.0 Å². The Kier molecular flexibility index (Phi) is 6.88. The van der Waals surface area contributed by atoms with Gasteiger partial charge in [0.15, 0.2) is 0 Å². The zero-order valence-electron chi connectivity index (χ0n) is 19.0. The first kappa shape index (κ1) is 24.9. The lowest BCUT2D eigenvalue weighted by Crippen LogP contribution is -2.47. The number of piperidine rings is 1. The van der Waals surface area contributed by atoms with Crippen molar-refractivity contribution in [2.75, 3.05) is 31.1 Å². The molecule has 2 aliphatic heterocycles. The summed E-state index contributed by atoms with van der Waals surface area (Å²) >= 11 is 5.73. The van der Waals surface area contributed by atoms with Crippen molar-refractivity contribution in [2.45, 2.75) is 57.3 Å². The third-order valence-corrected chi connectivity index (χ3v) is 7.58. The van der Waals surface area contributed by atoms with Gasteiger partial charge in [0, 0.05) is 56.6 Å². The van der Waals surface area contributed by atoms with E-state index in [2.05, 4.69) is 0 Å². The fourth-order valence-corrected chi connectivity index (χ4v) is 5.12. The van der Waals surface area contributed by atoms with Crippen LogP contribution in [0.2, 0.25) is 5.02 Å². The lowest BCUT2D eigenvalue weighted by atomic mass is 9.90. The molecule has 1 aliphatic carbocycles. The molecule has 1 aromatic carbocycles. The number of halogens is 4. The first-order valence-electron chi connectivity index (χ1n) is 11.6. The van der Waals surface area contributed by atoms with E-state index in [0.29, 0.717) is 38.3 Å². The van der Waals surface area contributed by atoms with Crippen LogP contribution in [0.3, 0.4) is 0 Å². The van der Waals surface area contributed by atoms with Gasteiger partial charge in [0.05, 0.1) is 16.7 Å². The molecule has 3 aliphatic rings. The van der Waals surface area contributed by atoms with Crippen LogP contribution in [0, 0.1) is 5.41 Å². The van der Waals surface area contributed by atoms with Gasteiger partial charge >= 0.3 is 6.18 Å². The number of β-amino-alcohol motifs (C(OH)–C–C–N with tert-alkyl or cyclic N) is 1. The Labute approximate surface area is 201 Å². The van der Waals surface area contributed by atoms with Crippen molar-refractivity contribution in [3.8, 4) is 0 Å². The van der Waals surface area contributed by atoms with Gasteiger partial charge in [-0.05, 0) is 56.2 Å². The number of hydrogen-bond acceptors (Lipinski definition) is 4. The molecule has 2 fully saturated rings. The predicted octanol–water partition coefficient (Wildman–Crippen LogP) is 4.06. The van der Waals surface area contributed by atoms with Gasteiger partial charge in [0.2, 0.25) is 11.8 Å². The van der Waals surface area contributed by atoms with E-state index in [9.17, 15) is 27.9 Å². The first-order valence-corrected chi connectivity index (χ1v) is 12.0. The summed E-state index contributed by atoms with van der Waals surface area (Å²) in [4.78, 5) is 30.1. The van der Waals surface area contributed by atoms with Crippen LogP contribution in [0.1, 0.15) is 44.6 Å². The SMILES string of the molecule is C[C@@H]1CN(CCCC(=O)N2CCC3(CC3)[C@H](O)C2)C(=O)C=CN1c1ccc(Cl)c(C(F)(F)F)c1. The smallest absolute Gasteiger partial charge is 0.391 e. The number of rotatable bonds is 5. The zero-order chi connectivity index (χ0) is 24.7. The average molecular weight is 500 g/mol. The summed E-state index contributed by atoms with van der Waals surface area (Å²) < 4.78 is 39.8. The Balaban J connectivity index is 1.33. The van der Waals surface area contributed by atoms with Crippen LogP contribution < -0.4 is 4.90 Å². The maximum Gasteiger partial charge on any atom is 0.417 e. The number of amides is 2. The van der Waals surface area contributed by atoms with Gasteiger partial charge in [-0.15, -0.1) is 0 Å². The molecule has 0 bridgehead atoms. The van der Waals surface area contributed by atoms with E-state index in [0.717, 1.165) is 25.3 Å². The molecule has 186 valence electrons. The Morgan fingerprint density at radius 3 is 2.62 bits per heavy atom. The normalized spacial score (nSPS) is 24.5. The number of benzene rings is 1. The highest BCUT2D eigenvalue weighted by Gasteiger charge is 2.51. The van der Waals surface area contributed by atoms with Crippen molar-refractivity contribution in [1.82, 2.24) is 9.80 Å². The highest BCUT2D eigenvalue weighted by Crippen LogP contribution is 2.53. The molecular formula is C24H29ClF3N3O3. The largest absolute Gasteiger partial charge is 0.417 e. The quantitative estimate of drug-likeness (QED) is 0.663. The summed E-state index contributed by atoms with van der Waals surface area (Å²) in [5.41, 5.74) is -0.592. The molecule has 2 atom stereocenters. The van der Waals surface area contributed by atoms with Gasteiger partial charge in [-0.25, -0.2) is 0 Å². The van der Waals surface area contributed by atoms with Crippen molar-refractivity contribution >= 4 is 29.1 Å². The lowest BCUT2D eigenvalue weighted by Gasteiger charge is -2.36. The van der Waals surface area contributed by atoms with E-state index in [1.165, 1.54) is 24.4 Å². The van der Waals surface area contributed by atoms with Gasteiger partial charge < -0.3 is 19.8 Å². The summed E-state index contributed by atoms with van der Waals surface area (Å²) in [6.07, 6.45) is 1.44. The fraction of sp³-hybridized carbons (Fsp3) is 0.583. The molecule has 1 saturated heterocycles. The molecule has 1 aromatic rings. The highest BCUT2D eigenvalue weighted by atomic mass is 35.5. The summed E-state index contributed by atoms with van der Waals surface area (Å²) in [6, 6.07) is 3.41. The van der Waals surface area contributed by atoms with Gasteiger partial charge in [-0.3, -0.25) is 9.59 Å². The number of carbonyl (C=O) groups excluding carboxylic acids is 2. The number of aliphatic hydroxyl groups excluding tert-OH is 1. The van der Waals surface area contributed by atoms with Crippen molar-refractivity contribution < 1.29 is 27.9 Å². The maximum absolute atomic E-state index is 13.3. The molecule has 1 saturated carbocycles. The number of hydrogen-bond donors (Lipinski definition) is 1. The van der Waals surface area contributed by atoms with Gasteiger partial charge in [-0.2, -0.15) is 13.2 Å². The van der Waals surface area contributed by atoms with Crippen LogP contribution in [0.4, 0.5) is 18.9 Å². The molecule has 10 heteroatoms. The Bertz CT molecular complexity index is 980. The molecule has 34 heavy (non-hydrogen) atoms. The topological polar surface area (TPSA) is 64.1 Å². The lowest BCUT2D eigenvalue weighted by molar-refractivity contribution is -0.137.